The molecular weight excluding hydrogens is 289 g/mol. The number of rotatable bonds is 0. The van der Waals surface area contributed by atoms with Gasteiger partial charge in [-0.1, -0.05) is 6.42 Å². The molecule has 5 nitrogen and oxygen atoms in total. The highest BCUT2D eigenvalue weighted by Gasteiger charge is 2.69. The minimum Gasteiger partial charge on any atom is -0.442 e. The summed E-state index contributed by atoms with van der Waals surface area (Å²) in [6, 6.07) is 0. The average Bonchev–Trinajstić information content (AvgIpc) is 2.62. The van der Waals surface area contributed by atoms with E-state index < -0.39 is 29.5 Å². The first-order valence-corrected chi connectivity index (χ1v) is 6.86. The van der Waals surface area contributed by atoms with Gasteiger partial charge in [-0.3, -0.25) is 0 Å². The lowest BCUT2D eigenvalue weighted by atomic mass is 9.80. The van der Waals surface area contributed by atoms with Crippen LogP contribution in [0.15, 0.2) is 5.10 Å². The van der Waals surface area contributed by atoms with Gasteiger partial charge >= 0.3 is 12.3 Å². The van der Waals surface area contributed by atoms with Crippen molar-refractivity contribution in [3.05, 3.63) is 0 Å². The highest BCUT2D eigenvalue weighted by atomic mass is 19.4. The molecule has 0 unspecified atom stereocenters. The summed E-state index contributed by atoms with van der Waals surface area (Å²) in [6.45, 7) is 4.61. The van der Waals surface area contributed by atoms with E-state index in [0.717, 1.165) is 0 Å². The SMILES string of the molecule is CC(C)(C)OC(=O)N1N=C2CCCC[C@H]2[C@]1(O)C(F)(F)F. The number of halogens is 3. The smallest absolute Gasteiger partial charge is 0.439 e. The number of hydrazone groups is 1. The lowest BCUT2D eigenvalue weighted by Crippen LogP contribution is -2.61. The number of hydrogen-bond acceptors (Lipinski definition) is 4. The maximum absolute atomic E-state index is 13.4. The Morgan fingerprint density at radius 3 is 2.52 bits per heavy atom. The molecule has 1 aliphatic heterocycles. The van der Waals surface area contributed by atoms with Crippen LogP contribution in [0.5, 0.6) is 0 Å². The number of ether oxygens (including phenoxy) is 1. The van der Waals surface area contributed by atoms with Gasteiger partial charge in [0.25, 0.3) is 5.72 Å². The summed E-state index contributed by atoms with van der Waals surface area (Å²) in [7, 11) is 0. The molecule has 2 atom stereocenters. The minimum absolute atomic E-state index is 0.0730. The third kappa shape index (κ3) is 2.73. The molecule has 1 aliphatic carbocycles. The van der Waals surface area contributed by atoms with Crippen LogP contribution >= 0.6 is 0 Å². The van der Waals surface area contributed by atoms with Gasteiger partial charge in [0, 0.05) is 5.71 Å². The average molecular weight is 308 g/mol. The molecule has 0 aromatic heterocycles. The third-order valence-electron chi connectivity index (χ3n) is 3.60. The van der Waals surface area contributed by atoms with Gasteiger partial charge in [-0.2, -0.15) is 23.3 Å². The molecule has 0 saturated heterocycles. The fourth-order valence-corrected chi connectivity index (χ4v) is 2.70. The van der Waals surface area contributed by atoms with Gasteiger partial charge in [-0.05, 0) is 40.0 Å². The van der Waals surface area contributed by atoms with E-state index in [-0.39, 0.29) is 17.1 Å². The van der Waals surface area contributed by atoms with E-state index in [1.807, 2.05) is 0 Å². The molecular formula is C13H19F3N2O3. The molecule has 0 radical (unpaired) electrons. The molecule has 1 amide bonds. The number of carbonyl (C=O) groups is 1. The lowest BCUT2D eigenvalue weighted by molar-refractivity contribution is -0.316. The van der Waals surface area contributed by atoms with E-state index in [1.54, 1.807) is 0 Å². The van der Waals surface area contributed by atoms with E-state index in [2.05, 4.69) is 5.10 Å². The van der Waals surface area contributed by atoms with Crippen molar-refractivity contribution in [2.75, 3.05) is 0 Å². The molecule has 1 N–H and O–H groups in total. The first-order valence-electron chi connectivity index (χ1n) is 6.86. The zero-order valence-corrected chi connectivity index (χ0v) is 12.2. The van der Waals surface area contributed by atoms with Gasteiger partial charge in [-0.15, -0.1) is 0 Å². The van der Waals surface area contributed by atoms with Crippen molar-refractivity contribution in [2.45, 2.75) is 64.0 Å². The second-order valence-electron chi connectivity index (χ2n) is 6.41. The quantitative estimate of drug-likeness (QED) is 0.748. The number of hydrogen-bond donors (Lipinski definition) is 1. The van der Waals surface area contributed by atoms with Gasteiger partial charge in [0.05, 0.1) is 5.92 Å². The lowest BCUT2D eigenvalue weighted by Gasteiger charge is -2.38. The maximum atomic E-state index is 13.4. The Morgan fingerprint density at radius 1 is 1.38 bits per heavy atom. The molecule has 8 heteroatoms. The molecule has 1 heterocycles. The molecule has 1 fully saturated rings. The van der Waals surface area contributed by atoms with Crippen molar-refractivity contribution in [3.63, 3.8) is 0 Å². The number of aliphatic hydroxyl groups is 1. The van der Waals surface area contributed by atoms with Gasteiger partial charge in [0.15, 0.2) is 0 Å². The highest BCUT2D eigenvalue weighted by Crippen LogP contribution is 2.48. The van der Waals surface area contributed by atoms with Gasteiger partial charge < -0.3 is 9.84 Å². The van der Waals surface area contributed by atoms with Crippen molar-refractivity contribution >= 4 is 11.8 Å². The molecule has 1 saturated carbocycles. The standard InChI is InChI=1S/C13H19F3N2O3/c1-11(2,3)21-10(19)18-12(20,13(14,15)16)8-6-4-5-7-9(8)17-18/h8,20H,4-7H2,1-3H3/t8-,12+/m1/s1. The summed E-state index contributed by atoms with van der Waals surface area (Å²) in [5.41, 5.74) is -4.07. The molecule has 0 aromatic carbocycles. The van der Waals surface area contributed by atoms with Crippen LogP contribution in [0.3, 0.4) is 0 Å². The largest absolute Gasteiger partial charge is 0.442 e. The van der Waals surface area contributed by atoms with E-state index in [1.165, 1.54) is 20.8 Å². The normalized spacial score (nSPS) is 30.0. The highest BCUT2D eigenvalue weighted by molar-refractivity contribution is 5.92. The van der Waals surface area contributed by atoms with Crippen LogP contribution in [-0.2, 0) is 4.74 Å². The molecule has 0 bridgehead atoms. The Balaban J connectivity index is 2.37. The molecule has 2 rings (SSSR count). The Labute approximate surface area is 120 Å². The monoisotopic (exact) mass is 308 g/mol. The van der Waals surface area contributed by atoms with Crippen LogP contribution in [0.1, 0.15) is 46.5 Å². The summed E-state index contributed by atoms with van der Waals surface area (Å²) in [5, 5.41) is 14.0. The van der Waals surface area contributed by atoms with Crippen molar-refractivity contribution < 1.29 is 27.8 Å². The van der Waals surface area contributed by atoms with Crippen molar-refractivity contribution in [1.82, 2.24) is 5.01 Å². The second-order valence-corrected chi connectivity index (χ2v) is 6.41. The minimum atomic E-state index is -5.00. The molecule has 2 aliphatic rings. The Kier molecular flexibility index (Phi) is 3.72. The summed E-state index contributed by atoms with van der Waals surface area (Å²) in [6.07, 6.45) is -4.53. The van der Waals surface area contributed by atoms with Crippen LogP contribution in [0.4, 0.5) is 18.0 Å². The van der Waals surface area contributed by atoms with Crippen LogP contribution in [0.25, 0.3) is 0 Å². The molecule has 21 heavy (non-hydrogen) atoms. The van der Waals surface area contributed by atoms with E-state index in [4.69, 9.17) is 4.74 Å². The Morgan fingerprint density at radius 2 is 2.00 bits per heavy atom. The van der Waals surface area contributed by atoms with E-state index in [0.29, 0.717) is 19.3 Å². The summed E-state index contributed by atoms with van der Waals surface area (Å²) >= 11 is 0. The predicted octanol–water partition coefficient (Wildman–Crippen LogP) is 3.03. The fraction of sp³-hybridized carbons (Fsp3) is 0.846. The number of fused-ring (bicyclic) bond motifs is 1. The summed E-state index contributed by atoms with van der Waals surface area (Å²) in [5.74, 6) is -1.21. The van der Waals surface area contributed by atoms with Crippen LogP contribution in [0, 0.1) is 5.92 Å². The first-order chi connectivity index (χ1) is 9.47. The van der Waals surface area contributed by atoms with E-state index in [9.17, 15) is 23.1 Å². The van der Waals surface area contributed by atoms with Crippen molar-refractivity contribution in [1.29, 1.82) is 0 Å². The molecule has 0 spiro atoms. The molecule has 120 valence electrons. The van der Waals surface area contributed by atoms with Crippen LogP contribution in [-0.4, -0.2) is 39.4 Å². The zero-order valence-electron chi connectivity index (χ0n) is 12.2. The summed E-state index contributed by atoms with van der Waals surface area (Å²) in [4.78, 5) is 12.0. The number of nitrogens with zero attached hydrogens (tertiary/aromatic N) is 2. The van der Waals surface area contributed by atoms with Crippen LogP contribution in [0.2, 0.25) is 0 Å². The third-order valence-corrected chi connectivity index (χ3v) is 3.60. The number of alkyl halides is 3. The van der Waals surface area contributed by atoms with Gasteiger partial charge in [-0.25, -0.2) is 4.79 Å². The Hall–Kier alpha value is -1.31. The van der Waals surface area contributed by atoms with E-state index >= 15 is 0 Å². The number of amides is 1. The predicted molar refractivity (Wildman–Crippen MR) is 68.5 cm³/mol. The second kappa shape index (κ2) is 4.86. The fourth-order valence-electron chi connectivity index (χ4n) is 2.70. The topological polar surface area (TPSA) is 62.1 Å². The van der Waals surface area contributed by atoms with Gasteiger partial charge in [0.1, 0.15) is 5.60 Å². The van der Waals surface area contributed by atoms with Crippen LogP contribution < -0.4 is 0 Å². The summed E-state index contributed by atoms with van der Waals surface area (Å²) < 4.78 is 45.1. The van der Waals surface area contributed by atoms with Crippen molar-refractivity contribution in [3.8, 4) is 0 Å². The molecule has 0 aromatic rings. The van der Waals surface area contributed by atoms with Crippen molar-refractivity contribution in [2.24, 2.45) is 11.0 Å². The zero-order chi connectivity index (χ0) is 16.1. The number of carbonyl (C=O) groups excluding carboxylic acids is 1. The van der Waals surface area contributed by atoms with Gasteiger partial charge in [0.2, 0.25) is 0 Å². The first kappa shape index (κ1) is 16.1. The maximum Gasteiger partial charge on any atom is 0.439 e. The Bertz CT molecular complexity index is 470.